The fourth-order valence-electron chi connectivity index (χ4n) is 6.28. The normalized spacial score (nSPS) is 21.6. The van der Waals surface area contributed by atoms with Gasteiger partial charge in [-0.2, -0.15) is 0 Å². The number of benzene rings is 3. The van der Waals surface area contributed by atoms with Crippen LogP contribution in [-0.2, 0) is 4.79 Å². The zero-order chi connectivity index (χ0) is 25.1. The minimum Gasteiger partial charge on any atom is -0.480 e. The van der Waals surface area contributed by atoms with E-state index in [1.54, 1.807) is 0 Å². The summed E-state index contributed by atoms with van der Waals surface area (Å²) in [6.45, 7) is 2.26. The fraction of sp³-hybridized carbons (Fsp3) is 0.419. The molecule has 0 heterocycles. The lowest BCUT2D eigenvalue weighted by Crippen LogP contribution is -2.52. The van der Waals surface area contributed by atoms with Crippen LogP contribution in [0.4, 0.5) is 0 Å². The first-order chi connectivity index (χ1) is 17.4. The average Bonchev–Trinajstić information content (AvgIpc) is 3.38. The van der Waals surface area contributed by atoms with Gasteiger partial charge in [-0.05, 0) is 79.0 Å². The van der Waals surface area contributed by atoms with Gasteiger partial charge >= 0.3 is 5.97 Å². The highest BCUT2D eigenvalue weighted by molar-refractivity contribution is 5.98. The van der Waals surface area contributed by atoms with E-state index in [0.29, 0.717) is 30.4 Å². The molecular formula is C31H37ClN2O3. The molecule has 3 aromatic rings. The number of carboxylic acids is 1. The van der Waals surface area contributed by atoms with Crippen LogP contribution in [0.15, 0.2) is 66.7 Å². The molecule has 3 N–H and O–H groups in total. The third-order valence-corrected chi connectivity index (χ3v) is 8.31. The van der Waals surface area contributed by atoms with E-state index in [1.165, 1.54) is 34.7 Å². The van der Waals surface area contributed by atoms with Crippen molar-refractivity contribution in [3.8, 4) is 0 Å². The molecule has 0 radical (unpaired) electrons. The number of nitrogens with one attached hydrogen (secondary N) is 2. The van der Waals surface area contributed by atoms with Crippen molar-refractivity contribution in [1.29, 1.82) is 0 Å². The Hall–Kier alpha value is -2.89. The van der Waals surface area contributed by atoms with Crippen molar-refractivity contribution in [1.82, 2.24) is 10.6 Å². The van der Waals surface area contributed by atoms with E-state index < -0.39 is 11.5 Å². The van der Waals surface area contributed by atoms with Crippen molar-refractivity contribution in [2.75, 3.05) is 0 Å². The van der Waals surface area contributed by atoms with Gasteiger partial charge < -0.3 is 15.7 Å². The van der Waals surface area contributed by atoms with E-state index in [9.17, 15) is 14.7 Å². The largest absolute Gasteiger partial charge is 0.480 e. The number of hydrogen-bond donors (Lipinski definition) is 3. The summed E-state index contributed by atoms with van der Waals surface area (Å²) in [4.78, 5) is 24.6. The number of carboxylic acid groups (broad SMARTS) is 1. The van der Waals surface area contributed by atoms with Crippen molar-refractivity contribution < 1.29 is 14.7 Å². The first kappa shape index (κ1) is 27.2. The van der Waals surface area contributed by atoms with E-state index in [0.717, 1.165) is 25.7 Å². The highest BCUT2D eigenvalue weighted by atomic mass is 35.5. The third-order valence-electron chi connectivity index (χ3n) is 8.31. The van der Waals surface area contributed by atoms with Gasteiger partial charge in [0.2, 0.25) is 0 Å². The predicted octanol–water partition coefficient (Wildman–Crippen LogP) is 6.77. The fourth-order valence-corrected chi connectivity index (χ4v) is 6.28. The SMILES string of the molecule is C[C@@H](N[C@H]1CCC[C@H](c2ccc(C(=O)NC3(C(=O)O)CCCC3)cc2)C1)c1cccc2ccccc12.Cl. The number of aliphatic carboxylic acids is 1. The van der Waals surface area contributed by atoms with Gasteiger partial charge in [0.1, 0.15) is 5.54 Å². The summed E-state index contributed by atoms with van der Waals surface area (Å²) < 4.78 is 0. The van der Waals surface area contributed by atoms with Gasteiger partial charge in [-0.25, -0.2) is 4.79 Å². The van der Waals surface area contributed by atoms with E-state index in [1.807, 2.05) is 12.1 Å². The summed E-state index contributed by atoms with van der Waals surface area (Å²) in [5.74, 6) is -0.769. The standard InChI is InChI=1S/C31H36N2O3.ClH/c1-21(27-13-7-9-23-8-2-3-12-28(23)27)32-26-11-6-10-25(20-26)22-14-16-24(17-15-22)29(34)33-31(30(35)36)18-4-5-19-31;/h2-3,7-9,12-17,21,25-26,32H,4-6,10-11,18-20H2,1H3,(H,33,34)(H,35,36);1H/t21-,25+,26+;/m1./s1. The molecule has 5 rings (SSSR count). The van der Waals surface area contributed by atoms with Gasteiger partial charge in [-0.3, -0.25) is 4.79 Å². The first-order valence-corrected chi connectivity index (χ1v) is 13.3. The molecule has 2 aliphatic carbocycles. The molecule has 5 nitrogen and oxygen atoms in total. The van der Waals surface area contributed by atoms with Crippen LogP contribution in [0, 0.1) is 0 Å². The average molecular weight is 521 g/mol. The number of hydrogen-bond acceptors (Lipinski definition) is 3. The molecular weight excluding hydrogens is 484 g/mol. The third kappa shape index (κ3) is 5.83. The van der Waals surface area contributed by atoms with Gasteiger partial charge in [-0.1, -0.05) is 73.9 Å². The molecule has 3 atom stereocenters. The molecule has 37 heavy (non-hydrogen) atoms. The lowest BCUT2D eigenvalue weighted by Gasteiger charge is -2.32. The zero-order valence-electron chi connectivity index (χ0n) is 21.4. The second-order valence-corrected chi connectivity index (χ2v) is 10.7. The second kappa shape index (κ2) is 11.7. The second-order valence-electron chi connectivity index (χ2n) is 10.7. The van der Waals surface area contributed by atoms with Crippen LogP contribution in [-0.4, -0.2) is 28.6 Å². The minimum absolute atomic E-state index is 0. The molecule has 1 amide bonds. The summed E-state index contributed by atoms with van der Waals surface area (Å²) in [5.41, 5.74) is 2.01. The number of rotatable bonds is 7. The maximum absolute atomic E-state index is 12.8. The van der Waals surface area contributed by atoms with Crippen LogP contribution >= 0.6 is 12.4 Å². The van der Waals surface area contributed by atoms with Crippen molar-refractivity contribution in [2.24, 2.45) is 0 Å². The zero-order valence-corrected chi connectivity index (χ0v) is 22.2. The van der Waals surface area contributed by atoms with Crippen molar-refractivity contribution in [3.63, 3.8) is 0 Å². The minimum atomic E-state index is -1.11. The van der Waals surface area contributed by atoms with E-state index >= 15 is 0 Å². The van der Waals surface area contributed by atoms with E-state index in [4.69, 9.17) is 0 Å². The molecule has 2 saturated carbocycles. The van der Waals surface area contributed by atoms with Crippen LogP contribution in [0.25, 0.3) is 10.8 Å². The Bertz CT molecular complexity index is 1230. The van der Waals surface area contributed by atoms with Gasteiger partial charge in [-0.15, -0.1) is 12.4 Å². The van der Waals surface area contributed by atoms with Gasteiger partial charge in [0, 0.05) is 17.6 Å². The van der Waals surface area contributed by atoms with Crippen molar-refractivity contribution in [2.45, 2.75) is 81.8 Å². The van der Waals surface area contributed by atoms with Crippen molar-refractivity contribution in [3.05, 3.63) is 83.4 Å². The topological polar surface area (TPSA) is 78.4 Å². The molecule has 0 aromatic heterocycles. The van der Waals surface area contributed by atoms with Crippen molar-refractivity contribution >= 4 is 35.1 Å². The van der Waals surface area contributed by atoms with Crippen LogP contribution in [0.1, 0.15) is 91.7 Å². The van der Waals surface area contributed by atoms with E-state index in [2.05, 4.69) is 72.2 Å². The molecule has 0 aliphatic heterocycles. The Balaban J connectivity index is 0.00000320. The Morgan fingerprint density at radius 2 is 1.62 bits per heavy atom. The van der Waals surface area contributed by atoms with Gasteiger partial charge in [0.15, 0.2) is 0 Å². The van der Waals surface area contributed by atoms with Gasteiger partial charge in [0.05, 0.1) is 0 Å². The summed E-state index contributed by atoms with van der Waals surface area (Å²) >= 11 is 0. The lowest BCUT2D eigenvalue weighted by molar-refractivity contribution is -0.144. The molecule has 0 saturated heterocycles. The molecule has 0 bridgehead atoms. The van der Waals surface area contributed by atoms with Crippen LogP contribution in [0.3, 0.4) is 0 Å². The number of carbonyl (C=O) groups excluding carboxylic acids is 1. The van der Waals surface area contributed by atoms with Crippen LogP contribution in [0.2, 0.25) is 0 Å². The van der Waals surface area contributed by atoms with Crippen LogP contribution in [0.5, 0.6) is 0 Å². The predicted molar refractivity (Wildman–Crippen MR) is 150 cm³/mol. The number of halogens is 1. The number of carbonyl (C=O) groups is 2. The number of amides is 1. The molecule has 0 spiro atoms. The lowest BCUT2D eigenvalue weighted by atomic mass is 9.80. The van der Waals surface area contributed by atoms with E-state index in [-0.39, 0.29) is 24.4 Å². The molecule has 6 heteroatoms. The summed E-state index contributed by atoms with van der Waals surface area (Å²) in [6, 6.07) is 23.6. The summed E-state index contributed by atoms with van der Waals surface area (Å²) in [5, 5.41) is 19.0. The molecule has 196 valence electrons. The first-order valence-electron chi connectivity index (χ1n) is 13.3. The Morgan fingerprint density at radius 3 is 2.35 bits per heavy atom. The Kier molecular flexibility index (Phi) is 8.56. The molecule has 0 unspecified atom stereocenters. The summed E-state index contributed by atoms with van der Waals surface area (Å²) in [7, 11) is 0. The Morgan fingerprint density at radius 1 is 0.919 bits per heavy atom. The van der Waals surface area contributed by atoms with Gasteiger partial charge in [0.25, 0.3) is 5.91 Å². The maximum Gasteiger partial charge on any atom is 0.329 e. The highest BCUT2D eigenvalue weighted by Gasteiger charge is 2.42. The molecule has 3 aromatic carbocycles. The molecule has 2 fully saturated rings. The Labute approximate surface area is 225 Å². The number of fused-ring (bicyclic) bond motifs is 1. The quantitative estimate of drug-likeness (QED) is 0.321. The monoisotopic (exact) mass is 520 g/mol. The highest BCUT2D eigenvalue weighted by Crippen LogP contribution is 2.35. The maximum atomic E-state index is 12.8. The summed E-state index contributed by atoms with van der Waals surface area (Å²) in [6.07, 6.45) is 7.23. The van der Waals surface area contributed by atoms with Crippen LogP contribution < -0.4 is 10.6 Å². The smallest absolute Gasteiger partial charge is 0.329 e. The molecule has 2 aliphatic rings.